The molecule has 0 spiro atoms. The molecule has 0 heterocycles. The van der Waals surface area contributed by atoms with Crippen LogP contribution in [-0.2, 0) is 24.2 Å². The highest BCUT2D eigenvalue weighted by Gasteiger charge is 2.09. The number of primary amides is 1. The standard InChI is InChI=1S/C8H9NO2.C8H8/c9-8(10)11-6-7-4-2-1-3-5-7;1-2-4-8-6-5-7(8)3-1/h1-5H,6H2,(H2,9,10);1-4H,5-6H2. The molecule has 19 heavy (non-hydrogen) atoms. The predicted molar refractivity (Wildman–Crippen MR) is 74.7 cm³/mol. The summed E-state index contributed by atoms with van der Waals surface area (Å²) in [6.07, 6.45) is 1.86. The van der Waals surface area contributed by atoms with E-state index in [0.29, 0.717) is 0 Å². The van der Waals surface area contributed by atoms with Gasteiger partial charge in [0.05, 0.1) is 0 Å². The maximum atomic E-state index is 10.2. The van der Waals surface area contributed by atoms with Crippen LogP contribution in [-0.4, -0.2) is 6.09 Å². The van der Waals surface area contributed by atoms with E-state index in [2.05, 4.69) is 29.0 Å². The summed E-state index contributed by atoms with van der Waals surface area (Å²) < 4.78 is 4.57. The topological polar surface area (TPSA) is 52.3 Å². The summed E-state index contributed by atoms with van der Waals surface area (Å²) in [5.41, 5.74) is 8.81. The molecule has 0 saturated carbocycles. The van der Waals surface area contributed by atoms with E-state index in [1.54, 1.807) is 11.1 Å². The molecule has 1 amide bonds. The normalized spacial score (nSPS) is 11.4. The van der Waals surface area contributed by atoms with Gasteiger partial charge < -0.3 is 10.5 Å². The summed E-state index contributed by atoms with van der Waals surface area (Å²) in [6.45, 7) is 0.246. The summed E-state index contributed by atoms with van der Waals surface area (Å²) in [6, 6.07) is 18.0. The third-order valence-electron chi connectivity index (χ3n) is 3.01. The molecule has 0 radical (unpaired) electrons. The maximum absolute atomic E-state index is 10.2. The van der Waals surface area contributed by atoms with Gasteiger partial charge in [0, 0.05) is 0 Å². The SMILES string of the molecule is NC(=O)OCc1ccccc1.c1ccc2c(c1)CC2. The van der Waals surface area contributed by atoms with Gasteiger partial charge in [0.1, 0.15) is 6.61 Å². The minimum Gasteiger partial charge on any atom is -0.445 e. The van der Waals surface area contributed by atoms with Crippen molar-refractivity contribution in [2.75, 3.05) is 0 Å². The summed E-state index contributed by atoms with van der Waals surface area (Å²) in [5.74, 6) is 0. The largest absolute Gasteiger partial charge is 0.445 e. The Balaban J connectivity index is 0.000000146. The zero-order chi connectivity index (χ0) is 13.5. The highest BCUT2D eigenvalue weighted by atomic mass is 16.5. The van der Waals surface area contributed by atoms with Gasteiger partial charge in [-0.1, -0.05) is 54.6 Å². The van der Waals surface area contributed by atoms with E-state index < -0.39 is 6.09 Å². The number of hydrogen-bond acceptors (Lipinski definition) is 2. The van der Waals surface area contributed by atoms with Crippen molar-refractivity contribution in [3.8, 4) is 0 Å². The number of amides is 1. The van der Waals surface area contributed by atoms with Crippen LogP contribution in [0.15, 0.2) is 54.6 Å². The van der Waals surface area contributed by atoms with Gasteiger partial charge in [0.25, 0.3) is 0 Å². The first-order valence-corrected chi connectivity index (χ1v) is 6.28. The van der Waals surface area contributed by atoms with Gasteiger partial charge in [-0.05, 0) is 29.5 Å². The van der Waals surface area contributed by atoms with Crippen LogP contribution < -0.4 is 5.73 Å². The van der Waals surface area contributed by atoms with Crippen LogP contribution in [0.4, 0.5) is 4.79 Å². The first-order chi connectivity index (χ1) is 9.25. The van der Waals surface area contributed by atoms with Crippen molar-refractivity contribution in [3.63, 3.8) is 0 Å². The van der Waals surface area contributed by atoms with Crippen LogP contribution in [0.2, 0.25) is 0 Å². The molecule has 0 bridgehead atoms. The van der Waals surface area contributed by atoms with Crippen molar-refractivity contribution >= 4 is 6.09 Å². The fraction of sp³-hybridized carbons (Fsp3) is 0.188. The number of benzene rings is 2. The van der Waals surface area contributed by atoms with Gasteiger partial charge in [0.2, 0.25) is 0 Å². The fourth-order valence-electron chi connectivity index (χ4n) is 1.87. The molecule has 2 N–H and O–H groups in total. The van der Waals surface area contributed by atoms with Gasteiger partial charge in [-0.25, -0.2) is 4.79 Å². The molecule has 1 aliphatic carbocycles. The first kappa shape index (κ1) is 13.1. The Bertz CT molecular complexity index is 514. The van der Waals surface area contributed by atoms with E-state index in [4.69, 9.17) is 5.73 Å². The van der Waals surface area contributed by atoms with Crippen molar-refractivity contribution in [1.82, 2.24) is 0 Å². The number of ether oxygens (including phenoxy) is 1. The lowest BCUT2D eigenvalue weighted by Crippen LogP contribution is -2.12. The third-order valence-corrected chi connectivity index (χ3v) is 3.01. The van der Waals surface area contributed by atoms with E-state index in [0.717, 1.165) is 5.56 Å². The van der Waals surface area contributed by atoms with Crippen molar-refractivity contribution in [2.24, 2.45) is 5.73 Å². The molecule has 2 aromatic rings. The molecule has 3 nitrogen and oxygen atoms in total. The van der Waals surface area contributed by atoms with E-state index in [-0.39, 0.29) is 6.61 Å². The zero-order valence-electron chi connectivity index (χ0n) is 10.7. The smallest absolute Gasteiger partial charge is 0.404 e. The lowest BCUT2D eigenvalue weighted by atomic mass is 9.89. The lowest BCUT2D eigenvalue weighted by molar-refractivity contribution is 0.150. The molecule has 0 fully saturated rings. The summed E-state index contributed by atoms with van der Waals surface area (Å²) in [7, 11) is 0. The van der Waals surface area contributed by atoms with Gasteiger partial charge >= 0.3 is 6.09 Å². The van der Waals surface area contributed by atoms with Crippen molar-refractivity contribution in [1.29, 1.82) is 0 Å². The van der Waals surface area contributed by atoms with Gasteiger partial charge in [0.15, 0.2) is 0 Å². The average molecular weight is 255 g/mol. The monoisotopic (exact) mass is 255 g/mol. The molecule has 98 valence electrons. The Kier molecular flexibility index (Phi) is 4.56. The van der Waals surface area contributed by atoms with Crippen LogP contribution in [0.3, 0.4) is 0 Å². The van der Waals surface area contributed by atoms with Gasteiger partial charge in [-0.15, -0.1) is 0 Å². The molecular formula is C16H17NO2. The number of fused-ring (bicyclic) bond motifs is 1. The Labute approximate surface area is 113 Å². The minimum atomic E-state index is -0.742. The Hall–Kier alpha value is -2.29. The van der Waals surface area contributed by atoms with Crippen LogP contribution >= 0.6 is 0 Å². The molecule has 2 aromatic carbocycles. The Morgan fingerprint density at radius 1 is 0.947 bits per heavy atom. The van der Waals surface area contributed by atoms with Crippen LogP contribution in [0, 0.1) is 0 Å². The van der Waals surface area contributed by atoms with Gasteiger partial charge in [-0.3, -0.25) is 0 Å². The summed E-state index contributed by atoms with van der Waals surface area (Å²) in [4.78, 5) is 10.2. The van der Waals surface area contributed by atoms with E-state index in [9.17, 15) is 4.79 Å². The minimum absolute atomic E-state index is 0.246. The van der Waals surface area contributed by atoms with E-state index in [1.165, 1.54) is 12.8 Å². The third kappa shape index (κ3) is 4.14. The quantitative estimate of drug-likeness (QED) is 0.896. The molecular weight excluding hydrogens is 238 g/mol. The number of carbonyl (C=O) groups is 1. The van der Waals surface area contributed by atoms with E-state index >= 15 is 0 Å². The Morgan fingerprint density at radius 3 is 1.89 bits per heavy atom. The molecule has 0 aromatic heterocycles. The zero-order valence-corrected chi connectivity index (χ0v) is 10.7. The molecule has 3 heteroatoms. The molecule has 0 saturated heterocycles. The van der Waals surface area contributed by atoms with Crippen molar-refractivity contribution in [2.45, 2.75) is 19.4 Å². The van der Waals surface area contributed by atoms with Crippen LogP contribution in [0.1, 0.15) is 16.7 Å². The molecule has 3 rings (SSSR count). The maximum Gasteiger partial charge on any atom is 0.404 e. The number of nitrogens with two attached hydrogens (primary N) is 1. The fourth-order valence-corrected chi connectivity index (χ4v) is 1.87. The number of hydrogen-bond donors (Lipinski definition) is 1. The second-order valence-electron chi connectivity index (χ2n) is 4.36. The van der Waals surface area contributed by atoms with Gasteiger partial charge in [-0.2, -0.15) is 0 Å². The number of rotatable bonds is 2. The molecule has 0 aliphatic heterocycles. The average Bonchev–Trinajstić information content (AvgIpc) is 2.40. The van der Waals surface area contributed by atoms with Crippen molar-refractivity contribution in [3.05, 3.63) is 71.3 Å². The second-order valence-corrected chi connectivity index (χ2v) is 4.36. The molecule has 0 unspecified atom stereocenters. The number of aryl methyl sites for hydroxylation is 2. The highest BCUT2D eigenvalue weighted by molar-refractivity contribution is 5.64. The van der Waals surface area contributed by atoms with Crippen LogP contribution in [0.25, 0.3) is 0 Å². The summed E-state index contributed by atoms with van der Waals surface area (Å²) >= 11 is 0. The summed E-state index contributed by atoms with van der Waals surface area (Å²) in [5, 5.41) is 0. The molecule has 1 aliphatic rings. The van der Waals surface area contributed by atoms with E-state index in [1.807, 2.05) is 30.3 Å². The lowest BCUT2D eigenvalue weighted by Gasteiger charge is -2.16. The predicted octanol–water partition coefficient (Wildman–Crippen LogP) is 3.07. The van der Waals surface area contributed by atoms with Crippen molar-refractivity contribution < 1.29 is 9.53 Å². The highest BCUT2D eigenvalue weighted by Crippen LogP contribution is 2.20. The van der Waals surface area contributed by atoms with Crippen LogP contribution in [0.5, 0.6) is 0 Å². The second kappa shape index (κ2) is 6.59. The number of carbonyl (C=O) groups excluding carboxylic acids is 1. The molecule has 0 atom stereocenters. The Morgan fingerprint density at radius 2 is 1.47 bits per heavy atom. The first-order valence-electron chi connectivity index (χ1n) is 6.28.